The molecule has 2 N–H and O–H groups in total. The molecule has 2 aromatic carbocycles. The fraction of sp³-hybridized carbons (Fsp3) is 0.290. The van der Waals surface area contributed by atoms with Gasteiger partial charge in [0.2, 0.25) is 0 Å². The highest BCUT2D eigenvalue weighted by Gasteiger charge is 2.16. The molecule has 1 amide bonds. The fourth-order valence-corrected chi connectivity index (χ4v) is 4.58. The van der Waals surface area contributed by atoms with Crippen molar-refractivity contribution in [1.82, 2.24) is 19.9 Å². The Kier molecular flexibility index (Phi) is 9.81. The van der Waals surface area contributed by atoms with Crippen LogP contribution in [0.15, 0.2) is 73.2 Å². The Labute approximate surface area is 249 Å². The van der Waals surface area contributed by atoms with E-state index in [9.17, 15) is 4.79 Å². The Bertz CT molecular complexity index is 1550. The van der Waals surface area contributed by atoms with Crippen molar-refractivity contribution in [3.63, 3.8) is 0 Å². The minimum atomic E-state index is -0.269. The number of hydrogen-bond donors (Lipinski definition) is 2. The molecule has 42 heavy (non-hydrogen) atoms. The molecule has 0 bridgehead atoms. The van der Waals surface area contributed by atoms with Crippen LogP contribution in [-0.4, -0.2) is 65.2 Å². The normalized spacial score (nSPS) is 13.5. The molecule has 1 aliphatic rings. The molecule has 0 radical (unpaired) electrons. The van der Waals surface area contributed by atoms with Crippen molar-refractivity contribution < 1.29 is 19.0 Å². The predicted octanol–water partition coefficient (Wildman–Crippen LogP) is 5.62. The number of aromatic nitrogens is 3. The van der Waals surface area contributed by atoms with E-state index >= 15 is 0 Å². The number of hydrogen-bond acceptors (Lipinski definition) is 9. The maximum Gasteiger partial charge on any atom is 0.251 e. The molecule has 2 aromatic heterocycles. The number of morpholine rings is 1. The molecular formula is C31H33ClN6O4. The number of nitrogens with one attached hydrogen (secondary N) is 2. The Balaban J connectivity index is 1.36. The zero-order valence-corrected chi connectivity index (χ0v) is 24.2. The summed E-state index contributed by atoms with van der Waals surface area (Å²) >= 11 is 6.53. The number of nitrogens with zero attached hydrogens (tertiary/aromatic N) is 4. The second kappa shape index (κ2) is 14.1. The van der Waals surface area contributed by atoms with Crippen LogP contribution in [0.3, 0.4) is 0 Å². The molecule has 0 atom stereocenters. The van der Waals surface area contributed by atoms with Crippen molar-refractivity contribution in [3.05, 3.63) is 83.9 Å². The van der Waals surface area contributed by atoms with Crippen LogP contribution in [0.1, 0.15) is 19.0 Å². The van der Waals surface area contributed by atoms with Gasteiger partial charge in [0, 0.05) is 48.5 Å². The molecule has 4 aromatic rings. The van der Waals surface area contributed by atoms with Gasteiger partial charge in [-0.3, -0.25) is 14.7 Å². The standard InChI is InChI=1S/C31H33ClN6O4/c1-3-21(2)31(39)37-27-17-24-26(18-29(27)41-15-12-38-10-13-40-14-11-38)34-20-35-30(24)36-22-7-8-28(25(32)16-22)42-19-23-6-4-5-9-33-23/h4-9,16-18,20H,2-3,10-15,19H2,1H3,(H,37,39)(H,34,35,36). The van der Waals surface area contributed by atoms with E-state index < -0.39 is 0 Å². The van der Waals surface area contributed by atoms with Gasteiger partial charge in [-0.1, -0.05) is 31.2 Å². The number of pyridine rings is 1. The number of halogens is 1. The number of benzene rings is 2. The SMILES string of the molecule is C=C(CC)C(=O)Nc1cc2c(Nc3ccc(OCc4ccccn4)c(Cl)c3)ncnc2cc1OCCN1CCOCC1. The molecule has 5 rings (SSSR count). The lowest BCUT2D eigenvalue weighted by molar-refractivity contribution is -0.112. The summed E-state index contributed by atoms with van der Waals surface area (Å²) in [7, 11) is 0. The van der Waals surface area contributed by atoms with E-state index in [-0.39, 0.29) is 5.91 Å². The van der Waals surface area contributed by atoms with Gasteiger partial charge in [0.25, 0.3) is 5.91 Å². The van der Waals surface area contributed by atoms with Crippen molar-refractivity contribution in [1.29, 1.82) is 0 Å². The molecular weight excluding hydrogens is 556 g/mol. The summed E-state index contributed by atoms with van der Waals surface area (Å²) in [6.07, 6.45) is 3.73. The van der Waals surface area contributed by atoms with Crippen LogP contribution in [0, 0.1) is 0 Å². The van der Waals surface area contributed by atoms with Crippen molar-refractivity contribution in [2.75, 3.05) is 50.1 Å². The Morgan fingerprint density at radius 2 is 1.93 bits per heavy atom. The summed E-state index contributed by atoms with van der Waals surface area (Å²) in [5.74, 6) is 1.34. The third-order valence-corrected chi connectivity index (χ3v) is 7.09. The highest BCUT2D eigenvalue weighted by Crippen LogP contribution is 2.35. The predicted molar refractivity (Wildman–Crippen MR) is 164 cm³/mol. The summed E-state index contributed by atoms with van der Waals surface area (Å²) in [6, 6.07) is 14.7. The van der Waals surface area contributed by atoms with Gasteiger partial charge in [-0.25, -0.2) is 9.97 Å². The highest BCUT2D eigenvalue weighted by molar-refractivity contribution is 6.32. The van der Waals surface area contributed by atoms with Gasteiger partial charge >= 0.3 is 0 Å². The number of ether oxygens (including phenoxy) is 3. The van der Waals surface area contributed by atoms with E-state index in [1.54, 1.807) is 18.3 Å². The van der Waals surface area contributed by atoms with E-state index in [0.29, 0.717) is 69.8 Å². The summed E-state index contributed by atoms with van der Waals surface area (Å²) in [6.45, 7) is 10.4. The van der Waals surface area contributed by atoms with Crippen LogP contribution >= 0.6 is 11.6 Å². The van der Waals surface area contributed by atoms with Crippen LogP contribution in [0.4, 0.5) is 17.2 Å². The van der Waals surface area contributed by atoms with E-state index in [1.165, 1.54) is 6.33 Å². The number of fused-ring (bicyclic) bond motifs is 1. The molecule has 10 nitrogen and oxygen atoms in total. The first-order valence-electron chi connectivity index (χ1n) is 13.8. The highest BCUT2D eigenvalue weighted by atomic mass is 35.5. The number of anilines is 3. The number of amides is 1. The van der Waals surface area contributed by atoms with Crippen molar-refractivity contribution in [2.45, 2.75) is 20.0 Å². The first-order valence-corrected chi connectivity index (χ1v) is 14.2. The smallest absolute Gasteiger partial charge is 0.251 e. The van der Waals surface area contributed by atoms with E-state index in [2.05, 4.69) is 37.1 Å². The van der Waals surface area contributed by atoms with Gasteiger partial charge in [-0.05, 0) is 42.8 Å². The number of carbonyl (C=O) groups is 1. The van der Waals surface area contributed by atoms with E-state index in [1.807, 2.05) is 43.3 Å². The minimum absolute atomic E-state index is 0.269. The number of carbonyl (C=O) groups excluding carboxylic acids is 1. The maximum absolute atomic E-state index is 12.8. The van der Waals surface area contributed by atoms with Crippen LogP contribution < -0.4 is 20.1 Å². The topological polar surface area (TPSA) is 111 Å². The molecule has 0 spiro atoms. The largest absolute Gasteiger partial charge is 0.490 e. The second-order valence-corrected chi connectivity index (χ2v) is 10.1. The second-order valence-electron chi connectivity index (χ2n) is 9.68. The fourth-order valence-electron chi connectivity index (χ4n) is 4.35. The lowest BCUT2D eigenvalue weighted by Crippen LogP contribution is -2.38. The van der Waals surface area contributed by atoms with Crippen LogP contribution in [0.2, 0.25) is 5.02 Å². The molecule has 0 unspecified atom stereocenters. The zero-order chi connectivity index (χ0) is 29.3. The average molecular weight is 589 g/mol. The zero-order valence-electron chi connectivity index (χ0n) is 23.4. The molecule has 0 aliphatic carbocycles. The van der Waals surface area contributed by atoms with Gasteiger partial charge in [-0.15, -0.1) is 0 Å². The first-order chi connectivity index (χ1) is 20.5. The van der Waals surface area contributed by atoms with Crippen molar-refractivity contribution in [2.24, 2.45) is 0 Å². The molecule has 1 fully saturated rings. The lowest BCUT2D eigenvalue weighted by Gasteiger charge is -2.26. The molecule has 218 valence electrons. The maximum atomic E-state index is 12.8. The molecule has 3 heterocycles. The van der Waals surface area contributed by atoms with Crippen molar-refractivity contribution >= 4 is 45.6 Å². The van der Waals surface area contributed by atoms with Crippen LogP contribution in [0.5, 0.6) is 11.5 Å². The van der Waals surface area contributed by atoms with E-state index in [0.717, 1.165) is 38.5 Å². The molecule has 1 saturated heterocycles. The quantitative estimate of drug-likeness (QED) is 0.204. The Morgan fingerprint density at radius 3 is 2.69 bits per heavy atom. The van der Waals surface area contributed by atoms with Crippen molar-refractivity contribution in [3.8, 4) is 11.5 Å². The average Bonchev–Trinajstić information content (AvgIpc) is 3.01. The van der Waals surface area contributed by atoms with Gasteiger partial charge < -0.3 is 24.8 Å². The van der Waals surface area contributed by atoms with E-state index in [4.69, 9.17) is 25.8 Å². The summed E-state index contributed by atoms with van der Waals surface area (Å²) in [5.41, 5.74) is 3.15. The molecule has 0 saturated carbocycles. The van der Waals surface area contributed by atoms with Gasteiger partial charge in [-0.2, -0.15) is 0 Å². The van der Waals surface area contributed by atoms with Gasteiger partial charge in [0.1, 0.15) is 36.9 Å². The summed E-state index contributed by atoms with van der Waals surface area (Å²) in [4.78, 5) is 28.2. The van der Waals surface area contributed by atoms with Crippen LogP contribution in [-0.2, 0) is 16.1 Å². The lowest BCUT2D eigenvalue weighted by atomic mass is 10.1. The molecule has 1 aliphatic heterocycles. The first kappa shape index (κ1) is 29.2. The molecule has 11 heteroatoms. The van der Waals surface area contributed by atoms with Crippen LogP contribution in [0.25, 0.3) is 10.9 Å². The third kappa shape index (κ3) is 7.52. The monoisotopic (exact) mass is 588 g/mol. The van der Waals surface area contributed by atoms with Gasteiger partial charge in [0.05, 0.1) is 35.1 Å². The number of rotatable bonds is 12. The summed E-state index contributed by atoms with van der Waals surface area (Å²) < 4.78 is 17.4. The summed E-state index contributed by atoms with van der Waals surface area (Å²) in [5, 5.41) is 7.41. The third-order valence-electron chi connectivity index (χ3n) is 6.80. The minimum Gasteiger partial charge on any atom is -0.490 e. The Hall–Kier alpha value is -4.25. The Morgan fingerprint density at radius 1 is 1.07 bits per heavy atom. The van der Waals surface area contributed by atoms with Gasteiger partial charge in [0.15, 0.2) is 0 Å².